The lowest BCUT2D eigenvalue weighted by Gasteiger charge is -2.11. The summed E-state index contributed by atoms with van der Waals surface area (Å²) in [5.41, 5.74) is 4.68. The van der Waals surface area contributed by atoms with Crippen LogP contribution < -0.4 is 5.32 Å². The molecule has 0 atom stereocenters. The molecular weight excluding hydrogens is 374 g/mol. The van der Waals surface area contributed by atoms with Gasteiger partial charge in [0.05, 0.1) is 0 Å². The summed E-state index contributed by atoms with van der Waals surface area (Å²) in [7, 11) is 0. The SMILES string of the molecule is c1ccc2cc3cc(Nc4ccc(-c5cccc6ccccc56)cc4)ccc3cc2c1. The van der Waals surface area contributed by atoms with E-state index in [1.165, 1.54) is 43.4 Å². The van der Waals surface area contributed by atoms with Gasteiger partial charge < -0.3 is 5.32 Å². The summed E-state index contributed by atoms with van der Waals surface area (Å²) in [6.45, 7) is 0. The summed E-state index contributed by atoms with van der Waals surface area (Å²) >= 11 is 0. The highest BCUT2D eigenvalue weighted by atomic mass is 14.9. The van der Waals surface area contributed by atoms with E-state index >= 15 is 0 Å². The maximum atomic E-state index is 3.56. The van der Waals surface area contributed by atoms with Crippen molar-refractivity contribution in [3.8, 4) is 11.1 Å². The van der Waals surface area contributed by atoms with Gasteiger partial charge in [-0.1, -0.05) is 84.9 Å². The molecule has 1 N–H and O–H groups in total. The third kappa shape index (κ3) is 3.31. The average Bonchev–Trinajstić information content (AvgIpc) is 2.83. The number of benzene rings is 6. The van der Waals surface area contributed by atoms with E-state index in [-0.39, 0.29) is 0 Å². The molecule has 0 saturated heterocycles. The van der Waals surface area contributed by atoms with Crippen molar-refractivity contribution < 1.29 is 0 Å². The first-order valence-corrected chi connectivity index (χ1v) is 10.6. The Hall–Kier alpha value is -4.10. The van der Waals surface area contributed by atoms with E-state index in [1.54, 1.807) is 0 Å². The normalized spacial score (nSPS) is 11.2. The van der Waals surface area contributed by atoms with Crippen LogP contribution in [0.1, 0.15) is 0 Å². The molecule has 0 aliphatic rings. The van der Waals surface area contributed by atoms with Crippen LogP contribution in [0.15, 0.2) is 121 Å². The molecule has 0 fully saturated rings. The standard InChI is InChI=1S/C30H21N/c1-2-8-24-19-26-20-28(17-14-25(26)18-23(24)7-1)31-27-15-12-22(13-16-27)30-11-5-9-21-6-3-4-10-29(21)30/h1-20,31H. The molecule has 0 spiro atoms. The predicted molar refractivity (Wildman–Crippen MR) is 134 cm³/mol. The first-order chi connectivity index (χ1) is 15.3. The average molecular weight is 396 g/mol. The molecule has 0 unspecified atom stereocenters. The fourth-order valence-electron chi connectivity index (χ4n) is 4.39. The fourth-order valence-corrected chi connectivity index (χ4v) is 4.39. The molecule has 0 saturated carbocycles. The van der Waals surface area contributed by atoms with Crippen LogP contribution in [0.4, 0.5) is 11.4 Å². The summed E-state index contributed by atoms with van der Waals surface area (Å²) in [6.07, 6.45) is 0. The molecule has 146 valence electrons. The number of fused-ring (bicyclic) bond motifs is 3. The summed E-state index contributed by atoms with van der Waals surface area (Å²) in [6, 6.07) is 43.3. The van der Waals surface area contributed by atoms with Crippen molar-refractivity contribution in [1.82, 2.24) is 0 Å². The van der Waals surface area contributed by atoms with Crippen LogP contribution in [0.5, 0.6) is 0 Å². The third-order valence-corrected chi connectivity index (χ3v) is 5.98. The van der Waals surface area contributed by atoms with Crippen LogP contribution in [0.25, 0.3) is 43.4 Å². The predicted octanol–water partition coefficient (Wildman–Crippen LogP) is 8.56. The van der Waals surface area contributed by atoms with Crippen LogP contribution >= 0.6 is 0 Å². The molecule has 0 amide bonds. The van der Waals surface area contributed by atoms with Crippen molar-refractivity contribution in [2.24, 2.45) is 0 Å². The van der Waals surface area contributed by atoms with E-state index in [0.717, 1.165) is 11.4 Å². The monoisotopic (exact) mass is 395 g/mol. The molecule has 0 radical (unpaired) electrons. The van der Waals surface area contributed by atoms with Crippen molar-refractivity contribution in [3.63, 3.8) is 0 Å². The zero-order valence-corrected chi connectivity index (χ0v) is 17.0. The van der Waals surface area contributed by atoms with Crippen molar-refractivity contribution in [1.29, 1.82) is 0 Å². The topological polar surface area (TPSA) is 12.0 Å². The van der Waals surface area contributed by atoms with Crippen LogP contribution in [-0.2, 0) is 0 Å². The molecule has 6 aromatic rings. The van der Waals surface area contributed by atoms with Crippen molar-refractivity contribution in [3.05, 3.63) is 121 Å². The van der Waals surface area contributed by atoms with Gasteiger partial charge in [0.15, 0.2) is 0 Å². The van der Waals surface area contributed by atoms with Crippen molar-refractivity contribution in [2.45, 2.75) is 0 Å². The molecule has 31 heavy (non-hydrogen) atoms. The molecule has 6 rings (SSSR count). The van der Waals surface area contributed by atoms with Crippen molar-refractivity contribution >= 4 is 43.7 Å². The maximum absolute atomic E-state index is 3.56. The Kier molecular flexibility index (Phi) is 4.18. The second kappa shape index (κ2) is 7.30. The van der Waals surface area contributed by atoms with Gasteiger partial charge in [0.25, 0.3) is 0 Å². The second-order valence-corrected chi connectivity index (χ2v) is 7.99. The lowest BCUT2D eigenvalue weighted by Crippen LogP contribution is -1.90. The molecular formula is C30H21N. The Morgan fingerprint density at radius 1 is 0.387 bits per heavy atom. The van der Waals surface area contributed by atoms with E-state index in [0.29, 0.717) is 0 Å². The lowest BCUT2D eigenvalue weighted by molar-refractivity contribution is 1.56. The van der Waals surface area contributed by atoms with Crippen LogP contribution in [-0.4, -0.2) is 0 Å². The number of anilines is 2. The number of nitrogens with one attached hydrogen (secondary N) is 1. The van der Waals surface area contributed by atoms with Gasteiger partial charge in [-0.15, -0.1) is 0 Å². The van der Waals surface area contributed by atoms with Crippen LogP contribution in [0.3, 0.4) is 0 Å². The molecule has 0 aliphatic carbocycles. The zero-order valence-electron chi connectivity index (χ0n) is 17.0. The summed E-state index contributed by atoms with van der Waals surface area (Å²) < 4.78 is 0. The summed E-state index contributed by atoms with van der Waals surface area (Å²) in [5, 5.41) is 11.2. The Bertz CT molecular complexity index is 1540. The third-order valence-electron chi connectivity index (χ3n) is 5.98. The van der Waals surface area contributed by atoms with E-state index in [9.17, 15) is 0 Å². The molecule has 0 aliphatic heterocycles. The summed E-state index contributed by atoms with van der Waals surface area (Å²) in [5.74, 6) is 0. The zero-order chi connectivity index (χ0) is 20.6. The van der Waals surface area contributed by atoms with E-state index in [4.69, 9.17) is 0 Å². The Morgan fingerprint density at radius 3 is 1.81 bits per heavy atom. The Labute approximate surface area is 181 Å². The number of hydrogen-bond acceptors (Lipinski definition) is 1. The van der Waals surface area contributed by atoms with Gasteiger partial charge in [-0.25, -0.2) is 0 Å². The molecule has 0 bridgehead atoms. The van der Waals surface area contributed by atoms with Gasteiger partial charge in [0, 0.05) is 11.4 Å². The molecule has 0 heterocycles. The molecule has 1 heteroatoms. The minimum Gasteiger partial charge on any atom is -0.356 e. The first-order valence-electron chi connectivity index (χ1n) is 10.6. The maximum Gasteiger partial charge on any atom is 0.0390 e. The molecule has 0 aromatic heterocycles. The first kappa shape index (κ1) is 17.7. The summed E-state index contributed by atoms with van der Waals surface area (Å²) in [4.78, 5) is 0. The Morgan fingerprint density at radius 2 is 1.00 bits per heavy atom. The van der Waals surface area contributed by atoms with Crippen LogP contribution in [0, 0.1) is 0 Å². The quantitative estimate of drug-likeness (QED) is 0.296. The van der Waals surface area contributed by atoms with Gasteiger partial charge in [-0.3, -0.25) is 0 Å². The number of rotatable bonds is 3. The highest BCUT2D eigenvalue weighted by molar-refractivity contribution is 6.00. The minimum absolute atomic E-state index is 1.09. The highest BCUT2D eigenvalue weighted by Crippen LogP contribution is 2.31. The fraction of sp³-hybridized carbons (Fsp3) is 0. The largest absolute Gasteiger partial charge is 0.356 e. The van der Waals surface area contributed by atoms with Crippen LogP contribution in [0.2, 0.25) is 0 Å². The van der Waals surface area contributed by atoms with E-state index in [1.807, 2.05) is 0 Å². The lowest BCUT2D eigenvalue weighted by atomic mass is 9.98. The smallest absolute Gasteiger partial charge is 0.0390 e. The second-order valence-electron chi connectivity index (χ2n) is 7.99. The van der Waals surface area contributed by atoms with Gasteiger partial charge in [0.2, 0.25) is 0 Å². The van der Waals surface area contributed by atoms with Gasteiger partial charge in [0.1, 0.15) is 0 Å². The molecule has 1 nitrogen and oxygen atoms in total. The van der Waals surface area contributed by atoms with Crippen molar-refractivity contribution in [2.75, 3.05) is 5.32 Å². The Balaban J connectivity index is 1.32. The van der Waals surface area contributed by atoms with E-state index < -0.39 is 0 Å². The van der Waals surface area contributed by atoms with Gasteiger partial charge in [-0.2, -0.15) is 0 Å². The minimum atomic E-state index is 1.09. The highest BCUT2D eigenvalue weighted by Gasteiger charge is 2.04. The van der Waals surface area contributed by atoms with E-state index in [2.05, 4.69) is 127 Å². The molecule has 6 aromatic carbocycles. The van der Waals surface area contributed by atoms with Gasteiger partial charge >= 0.3 is 0 Å². The number of hydrogen-bond donors (Lipinski definition) is 1. The van der Waals surface area contributed by atoms with Gasteiger partial charge in [-0.05, 0) is 79.8 Å².